The maximum absolute atomic E-state index is 13.1. The fourth-order valence-corrected chi connectivity index (χ4v) is 2.37. The molecular formula is C21H18F2N2O2. The van der Waals surface area contributed by atoms with Crippen LogP contribution >= 0.6 is 0 Å². The van der Waals surface area contributed by atoms with Crippen molar-refractivity contribution in [1.29, 1.82) is 0 Å². The van der Waals surface area contributed by atoms with Crippen LogP contribution < -0.4 is 15.4 Å². The summed E-state index contributed by atoms with van der Waals surface area (Å²) in [5.74, 6) is -1.51. The number of rotatable bonds is 7. The lowest BCUT2D eigenvalue weighted by atomic mass is 10.2. The van der Waals surface area contributed by atoms with Gasteiger partial charge in [-0.15, -0.1) is 0 Å². The van der Waals surface area contributed by atoms with Crippen LogP contribution in [-0.2, 0) is 11.4 Å². The van der Waals surface area contributed by atoms with Crippen molar-refractivity contribution in [3.05, 3.63) is 90.0 Å². The summed E-state index contributed by atoms with van der Waals surface area (Å²) < 4.78 is 31.7. The molecule has 0 heterocycles. The molecule has 3 aromatic rings. The van der Waals surface area contributed by atoms with Gasteiger partial charge in [-0.3, -0.25) is 4.79 Å². The Balaban J connectivity index is 1.47. The molecule has 0 aromatic heterocycles. The molecule has 3 aromatic carbocycles. The van der Waals surface area contributed by atoms with E-state index >= 15 is 0 Å². The molecule has 0 fully saturated rings. The van der Waals surface area contributed by atoms with Gasteiger partial charge in [-0.25, -0.2) is 8.78 Å². The lowest BCUT2D eigenvalue weighted by Gasteiger charge is -2.10. The van der Waals surface area contributed by atoms with Crippen LogP contribution in [0, 0.1) is 11.6 Å². The molecule has 3 rings (SSSR count). The molecule has 138 valence electrons. The van der Waals surface area contributed by atoms with E-state index in [0.717, 1.165) is 17.7 Å². The number of carbonyl (C=O) groups is 1. The van der Waals surface area contributed by atoms with Gasteiger partial charge in [0.15, 0.2) is 11.6 Å². The van der Waals surface area contributed by atoms with Gasteiger partial charge < -0.3 is 15.4 Å². The normalized spacial score (nSPS) is 10.3. The van der Waals surface area contributed by atoms with Crippen LogP contribution in [0.15, 0.2) is 72.8 Å². The smallest absolute Gasteiger partial charge is 0.243 e. The summed E-state index contributed by atoms with van der Waals surface area (Å²) in [6.07, 6.45) is 0. The van der Waals surface area contributed by atoms with Crippen LogP contribution in [-0.4, -0.2) is 12.5 Å². The van der Waals surface area contributed by atoms with Gasteiger partial charge in [-0.2, -0.15) is 0 Å². The van der Waals surface area contributed by atoms with E-state index in [2.05, 4.69) is 10.6 Å². The first kappa shape index (κ1) is 18.4. The average Bonchev–Trinajstić information content (AvgIpc) is 2.69. The quantitative estimate of drug-likeness (QED) is 0.641. The molecule has 0 radical (unpaired) electrons. The molecule has 0 spiro atoms. The van der Waals surface area contributed by atoms with Crippen molar-refractivity contribution in [1.82, 2.24) is 0 Å². The van der Waals surface area contributed by atoms with E-state index in [4.69, 9.17) is 4.74 Å². The monoisotopic (exact) mass is 368 g/mol. The van der Waals surface area contributed by atoms with Crippen molar-refractivity contribution in [3.8, 4) is 5.75 Å². The summed E-state index contributed by atoms with van der Waals surface area (Å²) in [4.78, 5) is 12.0. The highest BCUT2D eigenvalue weighted by Crippen LogP contribution is 2.17. The Hall–Kier alpha value is -3.41. The fraction of sp³-hybridized carbons (Fsp3) is 0.0952. The van der Waals surface area contributed by atoms with Crippen molar-refractivity contribution < 1.29 is 18.3 Å². The van der Waals surface area contributed by atoms with Crippen LogP contribution in [0.1, 0.15) is 5.56 Å². The molecule has 0 unspecified atom stereocenters. The number of hydrogen-bond donors (Lipinski definition) is 2. The zero-order valence-corrected chi connectivity index (χ0v) is 14.4. The van der Waals surface area contributed by atoms with E-state index < -0.39 is 11.6 Å². The van der Waals surface area contributed by atoms with Gasteiger partial charge in [-0.1, -0.05) is 30.3 Å². The van der Waals surface area contributed by atoms with E-state index in [1.807, 2.05) is 30.3 Å². The van der Waals surface area contributed by atoms with E-state index in [-0.39, 0.29) is 12.5 Å². The van der Waals surface area contributed by atoms with E-state index in [9.17, 15) is 13.6 Å². The van der Waals surface area contributed by atoms with Crippen molar-refractivity contribution >= 4 is 17.3 Å². The Morgan fingerprint density at radius 2 is 1.56 bits per heavy atom. The van der Waals surface area contributed by atoms with Crippen molar-refractivity contribution in [2.75, 3.05) is 17.2 Å². The van der Waals surface area contributed by atoms with Gasteiger partial charge in [0.05, 0.1) is 6.54 Å². The van der Waals surface area contributed by atoms with Crippen LogP contribution in [0.4, 0.5) is 20.2 Å². The van der Waals surface area contributed by atoms with Crippen LogP contribution in [0.3, 0.4) is 0 Å². The third kappa shape index (κ3) is 5.54. The Labute approximate surface area is 155 Å². The summed E-state index contributed by atoms with van der Waals surface area (Å²) in [7, 11) is 0. The highest BCUT2D eigenvalue weighted by Gasteiger charge is 2.06. The minimum Gasteiger partial charge on any atom is -0.489 e. The van der Waals surface area contributed by atoms with Gasteiger partial charge in [0, 0.05) is 17.4 Å². The largest absolute Gasteiger partial charge is 0.489 e. The molecule has 1 amide bonds. The maximum Gasteiger partial charge on any atom is 0.243 e. The second-order valence-electron chi connectivity index (χ2n) is 5.83. The van der Waals surface area contributed by atoms with Crippen LogP contribution in [0.25, 0.3) is 0 Å². The first-order valence-corrected chi connectivity index (χ1v) is 8.36. The number of carbonyl (C=O) groups excluding carboxylic acids is 1. The lowest BCUT2D eigenvalue weighted by molar-refractivity contribution is -0.114. The maximum atomic E-state index is 13.1. The standard InChI is InChI=1S/C21H18F2N2O2/c22-19-11-8-17(12-20(19)23)24-13-21(26)25-16-6-9-18(10-7-16)27-14-15-4-2-1-3-5-15/h1-12,24H,13-14H2,(H,25,26). The summed E-state index contributed by atoms with van der Waals surface area (Å²) in [5, 5.41) is 5.45. The third-order valence-electron chi connectivity index (χ3n) is 3.76. The second-order valence-corrected chi connectivity index (χ2v) is 5.83. The molecule has 0 aliphatic carbocycles. The molecule has 27 heavy (non-hydrogen) atoms. The molecule has 2 N–H and O–H groups in total. The first-order chi connectivity index (χ1) is 13.1. The second kappa shape index (κ2) is 8.80. The number of anilines is 2. The zero-order chi connectivity index (χ0) is 19.1. The average molecular weight is 368 g/mol. The number of halogens is 2. The molecule has 4 nitrogen and oxygen atoms in total. The Morgan fingerprint density at radius 1 is 0.852 bits per heavy atom. The van der Waals surface area contributed by atoms with Crippen LogP contribution in [0.5, 0.6) is 5.75 Å². The van der Waals surface area contributed by atoms with Crippen molar-refractivity contribution in [2.24, 2.45) is 0 Å². The fourth-order valence-electron chi connectivity index (χ4n) is 2.37. The Morgan fingerprint density at radius 3 is 2.26 bits per heavy atom. The minimum absolute atomic E-state index is 0.0721. The van der Waals surface area contributed by atoms with Gasteiger partial charge in [-0.05, 0) is 42.0 Å². The lowest BCUT2D eigenvalue weighted by Crippen LogP contribution is -2.21. The molecule has 0 aliphatic rings. The zero-order valence-electron chi connectivity index (χ0n) is 14.4. The van der Waals surface area contributed by atoms with Gasteiger partial charge in [0.2, 0.25) is 5.91 Å². The molecule has 6 heteroatoms. The number of hydrogen-bond acceptors (Lipinski definition) is 3. The predicted octanol–water partition coefficient (Wildman–Crippen LogP) is 4.59. The van der Waals surface area contributed by atoms with E-state index in [0.29, 0.717) is 23.7 Å². The number of nitrogens with one attached hydrogen (secondary N) is 2. The van der Waals surface area contributed by atoms with Gasteiger partial charge >= 0.3 is 0 Å². The summed E-state index contributed by atoms with van der Waals surface area (Å²) >= 11 is 0. The first-order valence-electron chi connectivity index (χ1n) is 8.36. The van der Waals surface area contributed by atoms with E-state index in [1.165, 1.54) is 6.07 Å². The SMILES string of the molecule is O=C(CNc1ccc(F)c(F)c1)Nc1ccc(OCc2ccccc2)cc1. The van der Waals surface area contributed by atoms with Crippen molar-refractivity contribution in [2.45, 2.75) is 6.61 Å². The predicted molar refractivity (Wildman–Crippen MR) is 101 cm³/mol. The topological polar surface area (TPSA) is 50.4 Å². The van der Waals surface area contributed by atoms with Crippen molar-refractivity contribution in [3.63, 3.8) is 0 Å². The summed E-state index contributed by atoms with van der Waals surface area (Å²) in [5.41, 5.74) is 2.01. The van der Waals surface area contributed by atoms with Gasteiger partial charge in [0.1, 0.15) is 12.4 Å². The molecule has 0 saturated carbocycles. The number of ether oxygens (including phenoxy) is 1. The minimum atomic E-state index is -0.966. The van der Waals surface area contributed by atoms with Gasteiger partial charge in [0.25, 0.3) is 0 Å². The molecule has 0 atom stereocenters. The number of amides is 1. The number of benzene rings is 3. The molecular weight excluding hydrogens is 350 g/mol. The third-order valence-corrected chi connectivity index (χ3v) is 3.76. The summed E-state index contributed by atoms with van der Waals surface area (Å²) in [6.45, 7) is 0.391. The molecule has 0 saturated heterocycles. The molecule has 0 aliphatic heterocycles. The Kier molecular flexibility index (Phi) is 5.99. The Bertz CT molecular complexity index is 900. The highest BCUT2D eigenvalue weighted by molar-refractivity contribution is 5.93. The van der Waals surface area contributed by atoms with E-state index in [1.54, 1.807) is 24.3 Å². The molecule has 0 bridgehead atoms. The van der Waals surface area contributed by atoms with Crippen LogP contribution in [0.2, 0.25) is 0 Å². The highest BCUT2D eigenvalue weighted by atomic mass is 19.2. The summed E-state index contributed by atoms with van der Waals surface area (Å²) in [6, 6.07) is 20.2.